The third kappa shape index (κ3) is 4.53. The highest BCUT2D eigenvalue weighted by Crippen LogP contribution is 2.48. The third-order valence-electron chi connectivity index (χ3n) is 11.8. The van der Waals surface area contributed by atoms with Gasteiger partial charge in [0, 0.05) is 22.2 Å². The fourth-order valence-electron chi connectivity index (χ4n) is 9.33. The summed E-state index contributed by atoms with van der Waals surface area (Å²) in [5.41, 5.74) is 24.7. The molecule has 4 nitrogen and oxygen atoms in total. The lowest BCUT2D eigenvalue weighted by Gasteiger charge is -2.15. The van der Waals surface area contributed by atoms with Gasteiger partial charge in [0.25, 0.3) is 0 Å². The Hall–Kier alpha value is -6.00. The molecular formula is C48H38N4. The lowest BCUT2D eigenvalue weighted by atomic mass is 9.87. The highest BCUT2D eigenvalue weighted by atomic mass is 14.8. The molecule has 4 aliphatic carbocycles. The van der Waals surface area contributed by atoms with Crippen molar-refractivity contribution in [2.45, 2.75) is 51.4 Å². The van der Waals surface area contributed by atoms with Crippen LogP contribution in [0.5, 0.6) is 0 Å². The number of nitrogens with zero attached hydrogens (tertiary/aromatic N) is 2. The number of fused-ring (bicyclic) bond motifs is 18. The number of rotatable bonds is 2. The molecule has 11 rings (SSSR count). The van der Waals surface area contributed by atoms with Gasteiger partial charge in [-0.05, 0) is 119 Å². The van der Waals surface area contributed by atoms with Crippen LogP contribution in [0, 0.1) is 0 Å². The van der Waals surface area contributed by atoms with E-state index in [1.807, 2.05) is 0 Å². The van der Waals surface area contributed by atoms with E-state index in [9.17, 15) is 0 Å². The minimum atomic E-state index is 0.872. The zero-order valence-corrected chi connectivity index (χ0v) is 29.1. The lowest BCUT2D eigenvalue weighted by molar-refractivity contribution is 1.13. The van der Waals surface area contributed by atoms with Crippen LogP contribution in [0.4, 0.5) is 0 Å². The first kappa shape index (κ1) is 29.7. The highest BCUT2D eigenvalue weighted by molar-refractivity contribution is 6.05. The summed E-state index contributed by atoms with van der Waals surface area (Å²) < 4.78 is 0. The number of allylic oxidation sites excluding steroid dienone is 12. The monoisotopic (exact) mass is 670 g/mol. The first-order valence-corrected chi connectivity index (χ1v) is 18.8. The molecule has 0 amide bonds. The van der Waals surface area contributed by atoms with E-state index in [0.717, 1.165) is 79.7 Å². The molecule has 0 spiro atoms. The molecule has 5 aromatic rings. The fourth-order valence-corrected chi connectivity index (χ4v) is 9.33. The molecule has 0 atom stereocenters. The van der Waals surface area contributed by atoms with Crippen molar-refractivity contribution >= 4 is 44.4 Å². The second-order valence-electron chi connectivity index (χ2n) is 14.6. The Morgan fingerprint density at radius 1 is 0.385 bits per heavy atom. The van der Waals surface area contributed by atoms with Crippen LogP contribution in [0.3, 0.4) is 0 Å². The summed E-state index contributed by atoms with van der Waals surface area (Å²) in [5.74, 6) is 0. The molecule has 0 unspecified atom stereocenters. The summed E-state index contributed by atoms with van der Waals surface area (Å²) in [5, 5.41) is 0. The smallest absolute Gasteiger partial charge is 0.0776 e. The van der Waals surface area contributed by atoms with Crippen LogP contribution in [0.1, 0.15) is 70.7 Å². The molecule has 0 saturated carbocycles. The summed E-state index contributed by atoms with van der Waals surface area (Å²) >= 11 is 0. The van der Waals surface area contributed by atoms with Crippen molar-refractivity contribution in [2.75, 3.05) is 0 Å². The zero-order chi connectivity index (χ0) is 34.2. The Kier molecular flexibility index (Phi) is 6.73. The van der Waals surface area contributed by atoms with Gasteiger partial charge in [0.2, 0.25) is 0 Å². The number of hydrogen-bond donors (Lipinski definition) is 2. The normalized spacial score (nSPS) is 16.9. The van der Waals surface area contributed by atoms with Gasteiger partial charge in [0.1, 0.15) is 0 Å². The first-order chi connectivity index (χ1) is 25.8. The molecule has 8 bridgehead atoms. The van der Waals surface area contributed by atoms with Gasteiger partial charge in [-0.2, -0.15) is 0 Å². The second kappa shape index (κ2) is 11.8. The Morgan fingerprint density at radius 2 is 0.769 bits per heavy atom. The summed E-state index contributed by atoms with van der Waals surface area (Å²) in [6.45, 7) is 0. The number of benzene rings is 2. The van der Waals surface area contributed by atoms with Gasteiger partial charge >= 0.3 is 0 Å². The molecule has 2 aromatic carbocycles. The van der Waals surface area contributed by atoms with Crippen molar-refractivity contribution in [2.24, 2.45) is 0 Å². The van der Waals surface area contributed by atoms with Crippen molar-refractivity contribution in [3.63, 3.8) is 0 Å². The number of aromatic amines is 2. The van der Waals surface area contributed by atoms with E-state index in [-0.39, 0.29) is 0 Å². The molecule has 2 aliphatic heterocycles. The van der Waals surface area contributed by atoms with Crippen molar-refractivity contribution in [3.8, 4) is 22.3 Å². The van der Waals surface area contributed by atoms with Crippen LogP contribution in [0.2, 0.25) is 0 Å². The van der Waals surface area contributed by atoms with Crippen LogP contribution < -0.4 is 0 Å². The van der Waals surface area contributed by atoms with Gasteiger partial charge < -0.3 is 9.97 Å². The predicted molar refractivity (Wildman–Crippen MR) is 215 cm³/mol. The van der Waals surface area contributed by atoms with E-state index >= 15 is 0 Å². The molecule has 6 aliphatic rings. The summed E-state index contributed by atoms with van der Waals surface area (Å²) in [6, 6.07) is 26.6. The average molecular weight is 671 g/mol. The molecule has 0 radical (unpaired) electrons. The van der Waals surface area contributed by atoms with E-state index in [1.54, 1.807) is 0 Å². The van der Waals surface area contributed by atoms with Crippen molar-refractivity contribution in [1.29, 1.82) is 0 Å². The average Bonchev–Trinajstić information content (AvgIpc) is 3.96. The Morgan fingerprint density at radius 3 is 1.23 bits per heavy atom. The van der Waals surface area contributed by atoms with Crippen LogP contribution in [-0.2, 0) is 25.7 Å². The maximum Gasteiger partial charge on any atom is 0.0776 e. The minimum Gasteiger partial charge on any atom is -0.354 e. The number of nitrogens with one attached hydrogen (secondary N) is 2. The molecule has 0 fully saturated rings. The fraction of sp³-hybridized carbons (Fsp3) is 0.167. The van der Waals surface area contributed by atoms with Crippen molar-refractivity contribution in [1.82, 2.24) is 19.9 Å². The van der Waals surface area contributed by atoms with Gasteiger partial charge in [-0.15, -0.1) is 0 Å². The standard InChI is InChI=1S/C48H38N4/c1-3-15-29(16-4-1)43-45-35-23-11-7-19-31(35)39(49-45)27-41-33-21-9-13-25-37(33)47(51-41)44(30-17-5-2-6-18-30)48-38-26-14-10-22-34(38)42(52-48)28-40-32-20-8-12-24-36(32)46(43)50-40/h1-18,27-28,49-50H,19-26H2. The first-order valence-electron chi connectivity index (χ1n) is 18.8. The van der Waals surface area contributed by atoms with E-state index < -0.39 is 0 Å². The molecule has 4 heteroatoms. The van der Waals surface area contributed by atoms with E-state index in [0.29, 0.717) is 0 Å². The molecule has 2 N–H and O–H groups in total. The molecule has 5 heterocycles. The minimum absolute atomic E-state index is 0.872. The summed E-state index contributed by atoms with van der Waals surface area (Å²) in [6.07, 6.45) is 25.7. The number of hydrogen-bond acceptors (Lipinski definition) is 2. The molecule has 0 saturated heterocycles. The SMILES string of the molecule is C1=CCC2=C(C1)c1cc3[nH]c(c4c3CC=CC4)c(-c3ccccc3)c3[nH]c(cc4nc(c(-c5ccccc5)c2n1)C1=C4CC=CC1)c1c3CC=CC1. The molecule has 52 heavy (non-hydrogen) atoms. The van der Waals surface area contributed by atoms with E-state index in [4.69, 9.17) is 9.97 Å². The number of H-pyrrole nitrogens is 2. The van der Waals surface area contributed by atoms with Crippen molar-refractivity contribution < 1.29 is 0 Å². The maximum absolute atomic E-state index is 5.64. The van der Waals surface area contributed by atoms with Gasteiger partial charge in [0.05, 0.1) is 33.8 Å². The molecule has 3 aromatic heterocycles. The quantitative estimate of drug-likeness (QED) is 0.184. The highest BCUT2D eigenvalue weighted by Gasteiger charge is 2.30. The van der Waals surface area contributed by atoms with Gasteiger partial charge in [0.15, 0.2) is 0 Å². The van der Waals surface area contributed by atoms with Gasteiger partial charge in [-0.25, -0.2) is 9.97 Å². The summed E-state index contributed by atoms with van der Waals surface area (Å²) in [7, 11) is 0. The lowest BCUT2D eigenvalue weighted by Crippen LogP contribution is -1.96. The third-order valence-corrected chi connectivity index (χ3v) is 11.8. The van der Waals surface area contributed by atoms with E-state index in [2.05, 4.69) is 131 Å². The molecule has 250 valence electrons. The topological polar surface area (TPSA) is 57.4 Å². The summed E-state index contributed by atoms with van der Waals surface area (Å²) in [4.78, 5) is 19.4. The predicted octanol–water partition coefficient (Wildman–Crippen LogP) is 11.5. The van der Waals surface area contributed by atoms with E-state index in [1.165, 1.54) is 83.3 Å². The van der Waals surface area contributed by atoms with Crippen LogP contribution in [0.25, 0.3) is 66.6 Å². The second-order valence-corrected chi connectivity index (χ2v) is 14.6. The van der Waals surface area contributed by atoms with Gasteiger partial charge in [-0.1, -0.05) is 109 Å². The Labute approximate surface area is 303 Å². The van der Waals surface area contributed by atoms with Gasteiger partial charge in [-0.3, -0.25) is 0 Å². The molecular weight excluding hydrogens is 633 g/mol. The maximum atomic E-state index is 5.64. The number of aromatic nitrogens is 4. The van der Waals surface area contributed by atoms with Crippen LogP contribution in [0.15, 0.2) is 121 Å². The Bertz CT molecular complexity index is 2560. The Balaban J connectivity index is 1.37. The largest absolute Gasteiger partial charge is 0.354 e. The van der Waals surface area contributed by atoms with Crippen LogP contribution in [-0.4, -0.2) is 19.9 Å². The van der Waals surface area contributed by atoms with Crippen LogP contribution >= 0.6 is 0 Å². The zero-order valence-electron chi connectivity index (χ0n) is 29.1. The van der Waals surface area contributed by atoms with Crippen molar-refractivity contribution in [3.05, 3.63) is 166 Å².